The van der Waals surface area contributed by atoms with E-state index in [9.17, 15) is 4.79 Å². The molecule has 0 bridgehead atoms. The largest absolute Gasteiger partial charge is 0.482 e. The minimum absolute atomic E-state index is 0.00222. The van der Waals surface area contributed by atoms with Crippen molar-refractivity contribution in [2.45, 2.75) is 39.2 Å². The van der Waals surface area contributed by atoms with Gasteiger partial charge in [0.05, 0.1) is 5.69 Å². The van der Waals surface area contributed by atoms with E-state index in [4.69, 9.17) is 10.5 Å². The molecule has 0 saturated heterocycles. The third-order valence-electron chi connectivity index (χ3n) is 3.53. The van der Waals surface area contributed by atoms with E-state index >= 15 is 0 Å². The molecule has 19 heavy (non-hydrogen) atoms. The molecule has 1 atom stereocenters. The number of benzene rings is 1. The fourth-order valence-electron chi connectivity index (χ4n) is 2.14. The van der Waals surface area contributed by atoms with E-state index in [2.05, 4.69) is 19.9 Å². The fraction of sp³-hybridized carbons (Fsp3) is 0.533. The van der Waals surface area contributed by atoms with Crippen LogP contribution in [0.1, 0.15) is 38.7 Å². The van der Waals surface area contributed by atoms with Crippen LogP contribution in [0.4, 0.5) is 5.69 Å². The lowest BCUT2D eigenvalue weighted by Crippen LogP contribution is -2.45. The van der Waals surface area contributed by atoms with Crippen LogP contribution in [-0.4, -0.2) is 25.1 Å². The molecule has 1 heterocycles. The summed E-state index contributed by atoms with van der Waals surface area (Å²) in [6, 6.07) is 6.04. The smallest absolute Gasteiger partial charge is 0.265 e. The molecule has 104 valence electrons. The molecule has 1 aliphatic rings. The van der Waals surface area contributed by atoms with E-state index < -0.39 is 0 Å². The van der Waals surface area contributed by atoms with Crippen LogP contribution < -0.4 is 15.4 Å². The minimum atomic E-state index is -0.0164. The lowest BCUT2D eigenvalue weighted by molar-refractivity contribution is -0.121. The average Bonchev–Trinajstić information content (AvgIpc) is 2.41. The summed E-state index contributed by atoms with van der Waals surface area (Å²) in [7, 11) is 0. The lowest BCUT2D eigenvalue weighted by Gasteiger charge is -2.31. The number of fused-ring (bicyclic) bond motifs is 1. The number of nitrogens with zero attached hydrogens (tertiary/aromatic N) is 1. The number of rotatable bonds is 4. The molecule has 1 amide bonds. The van der Waals surface area contributed by atoms with Crippen molar-refractivity contribution < 1.29 is 9.53 Å². The van der Waals surface area contributed by atoms with Crippen LogP contribution in [0.15, 0.2) is 18.2 Å². The van der Waals surface area contributed by atoms with Crippen LogP contribution in [0.2, 0.25) is 0 Å². The first-order valence-corrected chi connectivity index (χ1v) is 6.85. The van der Waals surface area contributed by atoms with Crippen molar-refractivity contribution in [1.82, 2.24) is 0 Å². The maximum atomic E-state index is 12.0. The highest BCUT2D eigenvalue weighted by Crippen LogP contribution is 2.34. The van der Waals surface area contributed by atoms with Crippen molar-refractivity contribution in [3.05, 3.63) is 23.8 Å². The summed E-state index contributed by atoms with van der Waals surface area (Å²) in [5.74, 6) is 1.17. The van der Waals surface area contributed by atoms with Gasteiger partial charge in [0.15, 0.2) is 6.61 Å². The molecule has 2 N–H and O–H groups in total. The van der Waals surface area contributed by atoms with E-state index in [-0.39, 0.29) is 18.6 Å². The molecule has 0 aliphatic carbocycles. The Labute approximate surface area is 114 Å². The van der Waals surface area contributed by atoms with Gasteiger partial charge in [0.2, 0.25) is 0 Å². The zero-order valence-corrected chi connectivity index (χ0v) is 11.8. The van der Waals surface area contributed by atoms with Crippen molar-refractivity contribution in [3.8, 4) is 5.75 Å². The van der Waals surface area contributed by atoms with Gasteiger partial charge >= 0.3 is 0 Å². The molecule has 0 spiro atoms. The van der Waals surface area contributed by atoms with Gasteiger partial charge in [0, 0.05) is 12.6 Å². The van der Waals surface area contributed by atoms with Gasteiger partial charge in [-0.1, -0.05) is 26.8 Å². The Morgan fingerprint density at radius 1 is 1.42 bits per heavy atom. The molecule has 1 aliphatic heterocycles. The molecule has 1 unspecified atom stereocenters. The number of carbonyl (C=O) groups excluding carboxylic acids is 1. The third-order valence-corrected chi connectivity index (χ3v) is 3.53. The summed E-state index contributed by atoms with van der Waals surface area (Å²) in [4.78, 5) is 13.8. The van der Waals surface area contributed by atoms with Gasteiger partial charge in [0.1, 0.15) is 5.75 Å². The summed E-state index contributed by atoms with van der Waals surface area (Å²) in [5, 5.41) is 0. The summed E-state index contributed by atoms with van der Waals surface area (Å²) >= 11 is 0. The van der Waals surface area contributed by atoms with E-state index in [0.717, 1.165) is 17.9 Å². The first-order chi connectivity index (χ1) is 9.02. The molecule has 1 aromatic rings. The fourth-order valence-corrected chi connectivity index (χ4v) is 2.14. The minimum Gasteiger partial charge on any atom is -0.482 e. The van der Waals surface area contributed by atoms with Crippen molar-refractivity contribution >= 4 is 11.6 Å². The number of anilines is 1. The van der Waals surface area contributed by atoms with Gasteiger partial charge in [0.25, 0.3) is 5.91 Å². The number of hydrogen-bond acceptors (Lipinski definition) is 3. The summed E-state index contributed by atoms with van der Waals surface area (Å²) in [5.41, 5.74) is 8.04. The highest BCUT2D eigenvalue weighted by molar-refractivity contribution is 5.98. The monoisotopic (exact) mass is 262 g/mol. The number of ether oxygens (including phenoxy) is 1. The first-order valence-electron chi connectivity index (χ1n) is 6.85. The Kier molecular flexibility index (Phi) is 4.10. The van der Waals surface area contributed by atoms with E-state index in [1.807, 2.05) is 19.1 Å². The predicted molar refractivity (Wildman–Crippen MR) is 76.6 cm³/mol. The number of amides is 1. The average molecular weight is 262 g/mol. The second kappa shape index (κ2) is 5.61. The molecule has 0 fully saturated rings. The topological polar surface area (TPSA) is 55.6 Å². The van der Waals surface area contributed by atoms with Crippen LogP contribution in [0.25, 0.3) is 0 Å². The van der Waals surface area contributed by atoms with Crippen LogP contribution >= 0.6 is 0 Å². The van der Waals surface area contributed by atoms with Crippen molar-refractivity contribution in [2.24, 2.45) is 5.73 Å². The Bertz CT molecular complexity index is 471. The lowest BCUT2D eigenvalue weighted by atomic mass is 10.0. The third kappa shape index (κ3) is 2.89. The SMILES string of the molecule is CCC(N)CN1C(=O)COc2ccc(C(C)C)cc21. The normalized spacial score (nSPS) is 16.3. The molecule has 0 saturated carbocycles. The van der Waals surface area contributed by atoms with Crippen LogP contribution in [-0.2, 0) is 4.79 Å². The predicted octanol–water partition coefficient (Wildman–Crippen LogP) is 2.27. The van der Waals surface area contributed by atoms with Gasteiger partial charge in [-0.15, -0.1) is 0 Å². The zero-order chi connectivity index (χ0) is 14.0. The number of hydrogen-bond donors (Lipinski definition) is 1. The van der Waals surface area contributed by atoms with Crippen LogP contribution in [0.3, 0.4) is 0 Å². The Hall–Kier alpha value is -1.55. The Balaban J connectivity index is 2.35. The first kappa shape index (κ1) is 13.9. The van der Waals surface area contributed by atoms with Gasteiger partial charge in [-0.25, -0.2) is 0 Å². The second-order valence-corrected chi connectivity index (χ2v) is 5.34. The quantitative estimate of drug-likeness (QED) is 0.905. The van der Waals surface area contributed by atoms with Gasteiger partial charge in [-0.3, -0.25) is 4.79 Å². The molecular formula is C15H22N2O2. The molecule has 2 rings (SSSR count). The van der Waals surface area contributed by atoms with E-state index in [0.29, 0.717) is 12.5 Å². The zero-order valence-electron chi connectivity index (χ0n) is 11.8. The highest BCUT2D eigenvalue weighted by atomic mass is 16.5. The van der Waals surface area contributed by atoms with Crippen molar-refractivity contribution in [3.63, 3.8) is 0 Å². The highest BCUT2D eigenvalue weighted by Gasteiger charge is 2.27. The standard InChI is InChI=1S/C15H22N2O2/c1-4-12(16)8-17-13-7-11(10(2)3)5-6-14(13)19-9-15(17)18/h5-7,10,12H,4,8-9,16H2,1-3H3. The number of carbonyl (C=O) groups is 1. The molecule has 0 aromatic heterocycles. The summed E-state index contributed by atoms with van der Waals surface area (Å²) < 4.78 is 5.48. The Morgan fingerprint density at radius 3 is 2.79 bits per heavy atom. The van der Waals surface area contributed by atoms with Crippen LogP contribution in [0.5, 0.6) is 5.75 Å². The van der Waals surface area contributed by atoms with Crippen molar-refractivity contribution in [1.29, 1.82) is 0 Å². The molecule has 0 radical (unpaired) electrons. The molecule has 4 heteroatoms. The maximum Gasteiger partial charge on any atom is 0.265 e. The second-order valence-electron chi connectivity index (χ2n) is 5.34. The molecular weight excluding hydrogens is 240 g/mol. The number of nitrogens with two attached hydrogens (primary N) is 1. The van der Waals surface area contributed by atoms with E-state index in [1.54, 1.807) is 4.90 Å². The van der Waals surface area contributed by atoms with Gasteiger partial charge in [-0.05, 0) is 30.0 Å². The summed E-state index contributed by atoms with van der Waals surface area (Å²) in [6.45, 7) is 6.95. The molecule has 4 nitrogen and oxygen atoms in total. The van der Waals surface area contributed by atoms with Gasteiger partial charge < -0.3 is 15.4 Å². The molecule has 1 aromatic carbocycles. The maximum absolute atomic E-state index is 12.0. The summed E-state index contributed by atoms with van der Waals surface area (Å²) in [6.07, 6.45) is 0.851. The van der Waals surface area contributed by atoms with Gasteiger partial charge in [-0.2, -0.15) is 0 Å². The van der Waals surface area contributed by atoms with Crippen molar-refractivity contribution in [2.75, 3.05) is 18.1 Å². The van der Waals surface area contributed by atoms with Crippen LogP contribution in [0, 0.1) is 0 Å². The Morgan fingerprint density at radius 2 is 2.16 bits per heavy atom. The van der Waals surface area contributed by atoms with E-state index in [1.165, 1.54) is 5.56 Å².